The summed E-state index contributed by atoms with van der Waals surface area (Å²) in [6.07, 6.45) is 3.36. The summed E-state index contributed by atoms with van der Waals surface area (Å²) in [5.74, 6) is 1.83. The zero-order valence-corrected chi connectivity index (χ0v) is 19.2. The van der Waals surface area contributed by atoms with Crippen molar-refractivity contribution in [3.8, 4) is 5.75 Å². The van der Waals surface area contributed by atoms with Gasteiger partial charge in [0.25, 0.3) is 0 Å². The molecule has 2 amide bonds. The highest BCUT2D eigenvalue weighted by atomic mass is 16.5. The van der Waals surface area contributed by atoms with E-state index >= 15 is 0 Å². The number of anilines is 4. The van der Waals surface area contributed by atoms with E-state index in [0.29, 0.717) is 31.5 Å². The number of amides is 2. The number of urea groups is 1. The van der Waals surface area contributed by atoms with Gasteiger partial charge >= 0.3 is 6.03 Å². The summed E-state index contributed by atoms with van der Waals surface area (Å²) in [5.41, 5.74) is 2.83. The van der Waals surface area contributed by atoms with Crippen LogP contribution in [0.1, 0.15) is 18.4 Å². The van der Waals surface area contributed by atoms with Crippen molar-refractivity contribution in [2.45, 2.75) is 25.4 Å². The second-order valence-electron chi connectivity index (χ2n) is 8.71. The van der Waals surface area contributed by atoms with Crippen molar-refractivity contribution in [2.75, 3.05) is 68.7 Å². The molecule has 0 saturated carbocycles. The topological polar surface area (TPSA) is 95.1 Å². The summed E-state index contributed by atoms with van der Waals surface area (Å²) >= 11 is 0. The van der Waals surface area contributed by atoms with Gasteiger partial charge in [0.05, 0.1) is 12.8 Å². The van der Waals surface area contributed by atoms with Gasteiger partial charge in [-0.05, 0) is 32.0 Å². The van der Waals surface area contributed by atoms with Gasteiger partial charge in [0.15, 0.2) is 0 Å². The number of rotatable bonds is 5. The van der Waals surface area contributed by atoms with Crippen molar-refractivity contribution in [1.29, 1.82) is 0 Å². The van der Waals surface area contributed by atoms with Crippen molar-refractivity contribution < 1.29 is 14.3 Å². The van der Waals surface area contributed by atoms with Gasteiger partial charge in [-0.2, -0.15) is 4.98 Å². The first kappa shape index (κ1) is 21.7. The Bertz CT molecular complexity index is 1000. The van der Waals surface area contributed by atoms with E-state index < -0.39 is 0 Å². The van der Waals surface area contributed by atoms with Crippen LogP contribution in [0.25, 0.3) is 0 Å². The van der Waals surface area contributed by atoms with E-state index in [9.17, 15) is 4.79 Å². The second kappa shape index (κ2) is 9.40. The van der Waals surface area contributed by atoms with Gasteiger partial charge in [0.2, 0.25) is 5.95 Å². The van der Waals surface area contributed by atoms with Crippen LogP contribution >= 0.6 is 0 Å². The van der Waals surface area contributed by atoms with Crippen molar-refractivity contribution in [1.82, 2.24) is 20.2 Å². The highest BCUT2D eigenvalue weighted by Crippen LogP contribution is 2.33. The molecular formula is C23H31N7O3. The van der Waals surface area contributed by atoms with E-state index in [1.54, 1.807) is 18.2 Å². The van der Waals surface area contributed by atoms with Crippen LogP contribution in [0.3, 0.4) is 0 Å². The average molecular weight is 454 g/mol. The van der Waals surface area contributed by atoms with Gasteiger partial charge in [-0.3, -0.25) is 4.90 Å². The lowest BCUT2D eigenvalue weighted by Gasteiger charge is -2.37. The van der Waals surface area contributed by atoms with Gasteiger partial charge in [0, 0.05) is 75.5 Å². The van der Waals surface area contributed by atoms with E-state index in [2.05, 4.69) is 38.5 Å². The Morgan fingerprint density at radius 3 is 2.73 bits per heavy atom. The Hall–Kier alpha value is -3.11. The summed E-state index contributed by atoms with van der Waals surface area (Å²) in [5, 5.41) is 6.22. The molecule has 33 heavy (non-hydrogen) atoms. The third kappa shape index (κ3) is 4.53. The normalized spacial score (nSPS) is 19.8. The number of carbonyl (C=O) groups is 1. The molecule has 0 spiro atoms. The fourth-order valence-corrected chi connectivity index (χ4v) is 4.59. The number of methoxy groups -OCH3 is 1. The third-order valence-electron chi connectivity index (χ3n) is 6.57. The molecule has 0 atom stereocenters. The number of hydrogen-bond acceptors (Lipinski definition) is 8. The van der Waals surface area contributed by atoms with Crippen LogP contribution in [0.15, 0.2) is 24.4 Å². The average Bonchev–Trinajstić information content (AvgIpc) is 2.85. The molecule has 2 saturated heterocycles. The summed E-state index contributed by atoms with van der Waals surface area (Å²) in [7, 11) is 3.82. The smallest absolute Gasteiger partial charge is 0.323 e. The zero-order chi connectivity index (χ0) is 22.8. The molecule has 3 aliphatic heterocycles. The van der Waals surface area contributed by atoms with Gasteiger partial charge in [0.1, 0.15) is 11.6 Å². The highest BCUT2D eigenvalue weighted by molar-refractivity contribution is 5.94. The van der Waals surface area contributed by atoms with E-state index in [4.69, 9.17) is 14.5 Å². The minimum absolute atomic E-state index is 0.0676. The van der Waals surface area contributed by atoms with Crippen molar-refractivity contribution in [3.63, 3.8) is 0 Å². The Morgan fingerprint density at radius 2 is 1.97 bits per heavy atom. The van der Waals surface area contributed by atoms with Gasteiger partial charge in [-0.15, -0.1) is 0 Å². The number of fused-ring (bicyclic) bond motifs is 1. The lowest BCUT2D eigenvalue weighted by atomic mass is 10.1. The Kier molecular flexibility index (Phi) is 6.19. The number of nitrogens with one attached hydrogen (secondary N) is 2. The second-order valence-corrected chi connectivity index (χ2v) is 8.71. The van der Waals surface area contributed by atoms with Crippen molar-refractivity contribution in [3.05, 3.63) is 30.0 Å². The van der Waals surface area contributed by atoms with E-state index in [-0.39, 0.29) is 12.1 Å². The molecule has 0 unspecified atom stereocenters. The van der Waals surface area contributed by atoms with Crippen molar-refractivity contribution in [2.24, 2.45) is 0 Å². The highest BCUT2D eigenvalue weighted by Gasteiger charge is 2.33. The van der Waals surface area contributed by atoms with Gasteiger partial charge in [-0.25, -0.2) is 9.78 Å². The molecule has 1 aromatic heterocycles. The van der Waals surface area contributed by atoms with Crippen LogP contribution in [0.2, 0.25) is 0 Å². The first-order chi connectivity index (χ1) is 16.1. The molecule has 10 heteroatoms. The largest absolute Gasteiger partial charge is 0.494 e. The molecule has 10 nitrogen and oxygen atoms in total. The first-order valence-electron chi connectivity index (χ1n) is 11.5. The number of likely N-dealkylation sites (N-methyl/N-ethyl adjacent to an activating group) is 1. The monoisotopic (exact) mass is 453 g/mol. The molecule has 1 aromatic carbocycles. The van der Waals surface area contributed by atoms with Crippen molar-refractivity contribution >= 4 is 29.2 Å². The maximum absolute atomic E-state index is 12.7. The number of carbonyl (C=O) groups excluding carboxylic acids is 1. The minimum Gasteiger partial charge on any atom is -0.494 e. The van der Waals surface area contributed by atoms with E-state index in [1.807, 2.05) is 12.1 Å². The summed E-state index contributed by atoms with van der Waals surface area (Å²) in [6.45, 7) is 5.80. The standard InChI is InChI=1S/C23H31N7O3/c1-28-7-9-29(10-8-28)18-3-4-19(20(13-18)32-2)26-22-24-14-16-15-25-23(31)30(21(16)27-22)17-5-11-33-12-6-17/h3-4,13-14,17H,5-12,15H2,1-2H3,(H,25,31)(H,24,26,27). The number of ether oxygens (including phenoxy) is 2. The van der Waals surface area contributed by atoms with Crippen LogP contribution in [-0.4, -0.2) is 80.5 Å². The summed E-state index contributed by atoms with van der Waals surface area (Å²) in [6, 6.07) is 6.09. The van der Waals surface area contributed by atoms with Crippen LogP contribution in [-0.2, 0) is 11.3 Å². The molecule has 2 fully saturated rings. The third-order valence-corrected chi connectivity index (χ3v) is 6.57. The maximum Gasteiger partial charge on any atom is 0.323 e. The lowest BCUT2D eigenvalue weighted by molar-refractivity contribution is 0.0852. The van der Waals surface area contributed by atoms with E-state index in [1.165, 1.54) is 0 Å². The van der Waals surface area contributed by atoms with Gasteiger partial charge < -0.3 is 29.9 Å². The fourth-order valence-electron chi connectivity index (χ4n) is 4.59. The lowest BCUT2D eigenvalue weighted by Crippen LogP contribution is -2.51. The van der Waals surface area contributed by atoms with Crippen LogP contribution in [0.5, 0.6) is 5.75 Å². The molecule has 5 rings (SSSR count). The minimum atomic E-state index is -0.117. The predicted molar refractivity (Wildman–Crippen MR) is 127 cm³/mol. The molecule has 2 N–H and O–H groups in total. The molecule has 3 aliphatic rings. The molecular weight excluding hydrogens is 422 g/mol. The number of nitrogens with zero attached hydrogens (tertiary/aromatic N) is 5. The number of piperazine rings is 1. The SMILES string of the molecule is COc1cc(N2CCN(C)CC2)ccc1Nc1ncc2c(n1)N(C1CCOCC1)C(=O)NC2. The first-order valence-corrected chi connectivity index (χ1v) is 11.5. The fraction of sp³-hybridized carbons (Fsp3) is 0.522. The maximum atomic E-state index is 12.7. The van der Waals surface area contributed by atoms with Crippen LogP contribution < -0.4 is 25.2 Å². The number of aromatic nitrogens is 2. The molecule has 0 bridgehead atoms. The molecule has 4 heterocycles. The summed E-state index contributed by atoms with van der Waals surface area (Å²) < 4.78 is 11.2. The number of hydrogen-bond donors (Lipinski definition) is 2. The van der Waals surface area contributed by atoms with Crippen LogP contribution in [0, 0.1) is 0 Å². The van der Waals surface area contributed by atoms with E-state index in [0.717, 1.165) is 61.7 Å². The Balaban J connectivity index is 1.38. The molecule has 2 aromatic rings. The predicted octanol–water partition coefficient (Wildman–Crippen LogP) is 2.19. The molecule has 0 radical (unpaired) electrons. The Morgan fingerprint density at radius 1 is 1.18 bits per heavy atom. The van der Waals surface area contributed by atoms with Gasteiger partial charge in [-0.1, -0.05) is 0 Å². The molecule has 176 valence electrons. The number of benzene rings is 1. The summed E-state index contributed by atoms with van der Waals surface area (Å²) in [4.78, 5) is 28.4. The zero-order valence-electron chi connectivity index (χ0n) is 19.2. The molecule has 0 aliphatic carbocycles. The van der Waals surface area contributed by atoms with Crippen LogP contribution in [0.4, 0.5) is 27.9 Å². The Labute approximate surface area is 193 Å². The quantitative estimate of drug-likeness (QED) is 0.712.